The van der Waals surface area contributed by atoms with Crippen LogP contribution < -0.4 is 14.8 Å². The summed E-state index contributed by atoms with van der Waals surface area (Å²) in [5.74, 6) is 3.10. The number of nitrogens with zero attached hydrogens (tertiary/aromatic N) is 3. The van der Waals surface area contributed by atoms with Crippen LogP contribution in [-0.2, 0) is 4.79 Å². The molecular formula is C22H22N4O3S. The van der Waals surface area contributed by atoms with Crippen LogP contribution in [0.4, 0.5) is 0 Å². The Labute approximate surface area is 178 Å². The first-order chi connectivity index (χ1) is 14.7. The van der Waals surface area contributed by atoms with Gasteiger partial charge in [-0.05, 0) is 49.6 Å². The number of amides is 1. The van der Waals surface area contributed by atoms with Gasteiger partial charge < -0.3 is 14.8 Å². The Balaban J connectivity index is 1.22. The third-order valence-electron chi connectivity index (χ3n) is 5.16. The Bertz CT molecular complexity index is 1070. The normalized spacial score (nSPS) is 15.8. The number of fused-ring (bicyclic) bond motifs is 1. The van der Waals surface area contributed by atoms with E-state index in [0.29, 0.717) is 16.8 Å². The number of hydrogen-bond acceptors (Lipinski definition) is 6. The largest absolute Gasteiger partial charge is 0.454 e. The summed E-state index contributed by atoms with van der Waals surface area (Å²) in [6.45, 7) is 2.19. The Morgan fingerprint density at radius 3 is 2.80 bits per heavy atom. The number of thioether (sulfide) groups is 1. The van der Waals surface area contributed by atoms with Crippen LogP contribution in [0.2, 0.25) is 0 Å². The fourth-order valence-electron chi connectivity index (χ4n) is 3.41. The number of ether oxygens (including phenoxy) is 2. The van der Waals surface area contributed by atoms with E-state index >= 15 is 0 Å². The highest BCUT2D eigenvalue weighted by atomic mass is 32.2. The lowest BCUT2D eigenvalue weighted by molar-refractivity contribution is -0.119. The van der Waals surface area contributed by atoms with Crippen molar-refractivity contribution in [3.63, 3.8) is 0 Å². The predicted octanol–water partition coefficient (Wildman–Crippen LogP) is 3.84. The average molecular weight is 423 g/mol. The fourth-order valence-corrected chi connectivity index (χ4v) is 4.05. The van der Waals surface area contributed by atoms with Crippen LogP contribution in [0.15, 0.2) is 53.7 Å². The lowest BCUT2D eigenvalue weighted by Gasteiger charge is -2.14. The number of para-hydroxylation sites is 1. The third kappa shape index (κ3) is 4.00. The van der Waals surface area contributed by atoms with Crippen LogP contribution in [-0.4, -0.2) is 33.2 Å². The zero-order valence-electron chi connectivity index (χ0n) is 16.6. The van der Waals surface area contributed by atoms with Gasteiger partial charge in [0.2, 0.25) is 17.9 Å². The predicted molar refractivity (Wildman–Crippen MR) is 113 cm³/mol. The topological polar surface area (TPSA) is 78.3 Å². The van der Waals surface area contributed by atoms with Crippen molar-refractivity contribution in [3.05, 3.63) is 59.9 Å². The van der Waals surface area contributed by atoms with Crippen molar-refractivity contribution in [2.45, 2.75) is 36.9 Å². The third-order valence-corrected chi connectivity index (χ3v) is 6.00. The van der Waals surface area contributed by atoms with Crippen LogP contribution >= 0.6 is 11.8 Å². The van der Waals surface area contributed by atoms with Crippen molar-refractivity contribution in [1.29, 1.82) is 0 Å². The molecule has 1 N–H and O–H groups in total. The summed E-state index contributed by atoms with van der Waals surface area (Å²) < 4.78 is 12.7. The molecule has 2 aromatic carbocycles. The molecule has 7 nitrogen and oxygen atoms in total. The minimum atomic E-state index is -0.135. The van der Waals surface area contributed by atoms with Gasteiger partial charge in [-0.15, -0.1) is 5.10 Å². The smallest absolute Gasteiger partial charge is 0.231 e. The Kier molecular flexibility index (Phi) is 5.08. The van der Waals surface area contributed by atoms with Gasteiger partial charge in [-0.2, -0.15) is 0 Å². The molecule has 3 aromatic rings. The SMILES string of the molecule is C[C@@H](NC(=O)CSc1nc(C2CC2)n(-c2ccccc2)n1)c1ccc2c(c1)OCO2. The molecule has 1 aliphatic carbocycles. The Morgan fingerprint density at radius 2 is 2.00 bits per heavy atom. The van der Waals surface area contributed by atoms with E-state index in [1.54, 1.807) is 0 Å². The maximum atomic E-state index is 12.5. The van der Waals surface area contributed by atoms with Gasteiger partial charge in [0.05, 0.1) is 17.5 Å². The molecule has 1 atom stereocenters. The summed E-state index contributed by atoms with van der Waals surface area (Å²) in [6.07, 6.45) is 2.28. The summed E-state index contributed by atoms with van der Waals surface area (Å²) >= 11 is 1.36. The van der Waals surface area contributed by atoms with Crippen molar-refractivity contribution in [1.82, 2.24) is 20.1 Å². The molecule has 1 aliphatic heterocycles. The molecule has 0 spiro atoms. The van der Waals surface area contributed by atoms with E-state index in [4.69, 9.17) is 14.5 Å². The first-order valence-corrected chi connectivity index (χ1v) is 11.0. The maximum Gasteiger partial charge on any atom is 0.231 e. The minimum Gasteiger partial charge on any atom is -0.454 e. The van der Waals surface area contributed by atoms with Crippen LogP contribution in [0, 0.1) is 0 Å². The number of rotatable bonds is 7. The first-order valence-electron chi connectivity index (χ1n) is 10.0. The zero-order chi connectivity index (χ0) is 20.5. The molecule has 8 heteroatoms. The number of carbonyl (C=O) groups excluding carboxylic acids is 1. The minimum absolute atomic E-state index is 0.0609. The Hall–Kier alpha value is -3.00. The molecule has 1 amide bonds. The van der Waals surface area contributed by atoms with E-state index in [1.807, 2.05) is 60.1 Å². The molecule has 30 heavy (non-hydrogen) atoms. The molecule has 2 heterocycles. The second-order valence-electron chi connectivity index (χ2n) is 7.46. The van der Waals surface area contributed by atoms with Crippen LogP contribution in [0.1, 0.15) is 43.1 Å². The summed E-state index contributed by atoms with van der Waals surface area (Å²) in [5, 5.41) is 8.31. The van der Waals surface area contributed by atoms with Crippen LogP contribution in [0.3, 0.4) is 0 Å². The lowest BCUT2D eigenvalue weighted by atomic mass is 10.1. The average Bonchev–Trinajstić information content (AvgIpc) is 3.34. The molecule has 1 fully saturated rings. The van der Waals surface area contributed by atoms with Gasteiger partial charge in [-0.1, -0.05) is 36.0 Å². The van der Waals surface area contributed by atoms with E-state index in [9.17, 15) is 4.79 Å². The van der Waals surface area contributed by atoms with Crippen molar-refractivity contribution in [2.75, 3.05) is 12.5 Å². The van der Waals surface area contributed by atoms with Gasteiger partial charge in [-0.3, -0.25) is 4.79 Å². The summed E-state index contributed by atoms with van der Waals surface area (Å²) in [7, 11) is 0. The van der Waals surface area contributed by atoms with Crippen molar-refractivity contribution in [3.8, 4) is 17.2 Å². The molecule has 0 unspecified atom stereocenters. The van der Waals surface area contributed by atoms with Crippen molar-refractivity contribution in [2.24, 2.45) is 0 Å². The van der Waals surface area contributed by atoms with E-state index < -0.39 is 0 Å². The molecule has 0 bridgehead atoms. The van der Waals surface area contributed by atoms with Crippen molar-refractivity contribution < 1.29 is 14.3 Å². The summed E-state index contributed by atoms with van der Waals surface area (Å²) in [5.41, 5.74) is 1.97. The standard InChI is InChI=1S/C22H22N4O3S/c1-14(16-9-10-18-19(11-16)29-13-28-18)23-20(27)12-30-22-24-21(15-7-8-15)26(25-22)17-5-3-2-4-6-17/h2-6,9-11,14-15H,7-8,12-13H2,1H3,(H,23,27)/t14-/m1/s1. The number of benzene rings is 2. The van der Waals surface area contributed by atoms with Gasteiger partial charge in [-0.25, -0.2) is 9.67 Å². The van der Waals surface area contributed by atoms with Gasteiger partial charge >= 0.3 is 0 Å². The monoisotopic (exact) mass is 422 g/mol. The molecule has 2 aliphatic rings. The van der Waals surface area contributed by atoms with Crippen molar-refractivity contribution >= 4 is 17.7 Å². The van der Waals surface area contributed by atoms with Gasteiger partial charge in [0.25, 0.3) is 0 Å². The summed E-state index contributed by atoms with van der Waals surface area (Å²) in [4.78, 5) is 17.2. The molecule has 0 saturated heterocycles. The van der Waals surface area contributed by atoms with Gasteiger partial charge in [0, 0.05) is 5.92 Å². The van der Waals surface area contributed by atoms with Crippen LogP contribution in [0.25, 0.3) is 5.69 Å². The Morgan fingerprint density at radius 1 is 1.20 bits per heavy atom. The maximum absolute atomic E-state index is 12.5. The van der Waals surface area contributed by atoms with Crippen LogP contribution in [0.5, 0.6) is 11.5 Å². The molecule has 1 saturated carbocycles. The summed E-state index contributed by atoms with van der Waals surface area (Å²) in [6, 6.07) is 15.6. The number of carbonyl (C=O) groups is 1. The number of hydrogen-bond donors (Lipinski definition) is 1. The van der Waals surface area contributed by atoms with E-state index in [2.05, 4.69) is 10.4 Å². The molecule has 0 radical (unpaired) electrons. The highest BCUT2D eigenvalue weighted by Gasteiger charge is 2.30. The molecular weight excluding hydrogens is 400 g/mol. The van der Waals surface area contributed by atoms with E-state index in [-0.39, 0.29) is 24.5 Å². The number of nitrogens with one attached hydrogen (secondary N) is 1. The fraction of sp³-hybridized carbons (Fsp3) is 0.318. The lowest BCUT2D eigenvalue weighted by Crippen LogP contribution is -2.28. The first kappa shape index (κ1) is 19.0. The molecule has 154 valence electrons. The number of aromatic nitrogens is 3. The quantitative estimate of drug-likeness (QED) is 0.583. The highest BCUT2D eigenvalue weighted by Crippen LogP contribution is 2.40. The van der Waals surface area contributed by atoms with Gasteiger partial charge in [0.15, 0.2) is 11.5 Å². The zero-order valence-corrected chi connectivity index (χ0v) is 17.4. The second kappa shape index (κ2) is 8.02. The molecule has 5 rings (SSSR count). The molecule has 1 aromatic heterocycles. The van der Waals surface area contributed by atoms with E-state index in [1.165, 1.54) is 11.8 Å². The second-order valence-corrected chi connectivity index (χ2v) is 8.41. The highest BCUT2D eigenvalue weighted by molar-refractivity contribution is 7.99. The van der Waals surface area contributed by atoms with Gasteiger partial charge in [0.1, 0.15) is 5.82 Å². The van der Waals surface area contributed by atoms with E-state index in [0.717, 1.165) is 35.7 Å².